The molecule has 1 saturated carbocycles. The van der Waals surface area contributed by atoms with Gasteiger partial charge in [0.2, 0.25) is 5.91 Å². The van der Waals surface area contributed by atoms with E-state index in [0.717, 1.165) is 6.54 Å². The van der Waals surface area contributed by atoms with E-state index < -0.39 is 6.04 Å². The summed E-state index contributed by atoms with van der Waals surface area (Å²) in [5.74, 6) is 0.309. The molecule has 1 amide bonds. The number of carbonyl (C=O) groups excluding carboxylic acids is 1. The van der Waals surface area contributed by atoms with E-state index in [-0.39, 0.29) is 29.7 Å². The van der Waals surface area contributed by atoms with Crippen molar-refractivity contribution in [3.63, 3.8) is 0 Å². The number of aliphatic hydroxyl groups is 1. The number of likely N-dealkylation sites (N-methyl/N-ethyl adjacent to an activating group) is 1. The van der Waals surface area contributed by atoms with E-state index in [1.807, 2.05) is 6.92 Å². The molecule has 6 nitrogen and oxygen atoms in total. The molecule has 2 aliphatic rings. The third kappa shape index (κ3) is 4.45. The summed E-state index contributed by atoms with van der Waals surface area (Å²) in [5.41, 5.74) is 0. The van der Waals surface area contributed by atoms with Gasteiger partial charge in [0, 0.05) is 25.6 Å². The van der Waals surface area contributed by atoms with Gasteiger partial charge in [-0.25, -0.2) is 4.31 Å². The largest absolute Gasteiger partial charge is 0.396 e. The summed E-state index contributed by atoms with van der Waals surface area (Å²) in [6.07, 6.45) is 6.23. The van der Waals surface area contributed by atoms with Crippen molar-refractivity contribution >= 4 is 17.9 Å². The number of rotatable bonds is 7. The second-order valence-electron chi connectivity index (χ2n) is 6.71. The van der Waals surface area contributed by atoms with Gasteiger partial charge in [0.1, 0.15) is 12.1 Å². The molecule has 1 aliphatic heterocycles. The lowest BCUT2D eigenvalue weighted by molar-refractivity contribution is -0.126. The van der Waals surface area contributed by atoms with Gasteiger partial charge < -0.3 is 10.4 Å². The van der Waals surface area contributed by atoms with E-state index in [9.17, 15) is 14.8 Å². The van der Waals surface area contributed by atoms with Crippen LogP contribution in [0.5, 0.6) is 0 Å². The molecule has 1 heterocycles. The average molecular weight is 343 g/mol. The molecule has 0 bridgehead atoms. The molecule has 4 atom stereocenters. The van der Waals surface area contributed by atoms with Gasteiger partial charge in [-0.2, -0.15) is 4.91 Å². The summed E-state index contributed by atoms with van der Waals surface area (Å²) in [7, 11) is 0. The number of nitrogens with zero attached hydrogens (tertiary/aromatic N) is 2. The van der Waals surface area contributed by atoms with Crippen molar-refractivity contribution in [2.75, 3.05) is 19.7 Å². The SMILES string of the molecule is CCNC(=O)[C@@H]1[C@H](CO)[C@H](C(C)N=O)SN1CC1CCCCC1. The summed E-state index contributed by atoms with van der Waals surface area (Å²) in [6, 6.07) is -0.786. The fraction of sp³-hybridized carbons (Fsp3) is 0.938. The highest BCUT2D eigenvalue weighted by atomic mass is 32.2. The highest BCUT2D eigenvalue weighted by Crippen LogP contribution is 2.42. The molecule has 1 saturated heterocycles. The Morgan fingerprint density at radius 2 is 2.09 bits per heavy atom. The minimum atomic E-state index is -0.412. The molecule has 132 valence electrons. The van der Waals surface area contributed by atoms with E-state index in [2.05, 4.69) is 14.8 Å². The van der Waals surface area contributed by atoms with Gasteiger partial charge in [0.15, 0.2) is 0 Å². The Morgan fingerprint density at radius 1 is 1.39 bits per heavy atom. The van der Waals surface area contributed by atoms with E-state index >= 15 is 0 Å². The van der Waals surface area contributed by atoms with Crippen LogP contribution in [0, 0.1) is 16.7 Å². The lowest BCUT2D eigenvalue weighted by Gasteiger charge is -2.30. The van der Waals surface area contributed by atoms with Crippen molar-refractivity contribution in [2.24, 2.45) is 17.0 Å². The first-order valence-corrected chi connectivity index (χ1v) is 9.60. The maximum Gasteiger partial charge on any atom is 0.238 e. The molecule has 7 heteroatoms. The lowest BCUT2D eigenvalue weighted by atomic mass is 9.88. The maximum absolute atomic E-state index is 12.5. The van der Waals surface area contributed by atoms with E-state index in [4.69, 9.17) is 0 Å². The quantitative estimate of drug-likeness (QED) is 0.547. The second-order valence-corrected chi connectivity index (χ2v) is 7.93. The van der Waals surface area contributed by atoms with Crippen LogP contribution in [0.2, 0.25) is 0 Å². The Kier molecular flexibility index (Phi) is 7.30. The van der Waals surface area contributed by atoms with Crippen LogP contribution in [0.4, 0.5) is 0 Å². The zero-order chi connectivity index (χ0) is 16.8. The molecular weight excluding hydrogens is 314 g/mol. The molecule has 2 fully saturated rings. The highest BCUT2D eigenvalue weighted by Gasteiger charge is 2.48. The second kappa shape index (κ2) is 8.99. The van der Waals surface area contributed by atoms with Crippen LogP contribution in [-0.2, 0) is 4.79 Å². The molecule has 0 aromatic heterocycles. The average Bonchev–Trinajstić information content (AvgIpc) is 2.93. The van der Waals surface area contributed by atoms with E-state index in [1.54, 1.807) is 18.9 Å². The van der Waals surface area contributed by atoms with Crippen LogP contribution in [0.25, 0.3) is 0 Å². The van der Waals surface area contributed by atoms with Crippen molar-refractivity contribution in [1.82, 2.24) is 9.62 Å². The molecular formula is C16H29N3O3S. The van der Waals surface area contributed by atoms with E-state index in [0.29, 0.717) is 12.5 Å². The van der Waals surface area contributed by atoms with Gasteiger partial charge in [-0.05, 0) is 32.6 Å². The summed E-state index contributed by atoms with van der Waals surface area (Å²) >= 11 is 1.55. The number of hydrogen-bond donors (Lipinski definition) is 2. The Labute approximate surface area is 142 Å². The highest BCUT2D eigenvalue weighted by molar-refractivity contribution is 7.98. The van der Waals surface area contributed by atoms with Crippen LogP contribution >= 0.6 is 11.9 Å². The molecule has 0 aromatic rings. The Balaban J connectivity index is 2.14. The molecule has 2 N–H and O–H groups in total. The molecule has 0 spiro atoms. The number of amides is 1. The molecule has 23 heavy (non-hydrogen) atoms. The Morgan fingerprint density at radius 3 is 2.65 bits per heavy atom. The summed E-state index contributed by atoms with van der Waals surface area (Å²) in [5, 5.41) is 15.7. The number of nitroso groups, excluding NO2 is 1. The number of nitrogens with one attached hydrogen (secondary N) is 1. The first-order chi connectivity index (χ1) is 11.1. The Hall–Kier alpha value is -0.660. The zero-order valence-corrected chi connectivity index (χ0v) is 14.9. The van der Waals surface area contributed by atoms with Gasteiger partial charge in [0.25, 0.3) is 0 Å². The van der Waals surface area contributed by atoms with Gasteiger partial charge in [-0.1, -0.05) is 36.4 Å². The minimum Gasteiger partial charge on any atom is -0.396 e. The topological polar surface area (TPSA) is 82.0 Å². The van der Waals surface area contributed by atoms with E-state index in [1.165, 1.54) is 32.1 Å². The zero-order valence-electron chi connectivity index (χ0n) is 14.1. The first-order valence-electron chi connectivity index (χ1n) is 8.76. The molecule has 0 radical (unpaired) electrons. The fourth-order valence-electron chi connectivity index (χ4n) is 3.79. The van der Waals surface area contributed by atoms with Crippen LogP contribution in [-0.4, -0.2) is 52.3 Å². The first kappa shape index (κ1) is 18.7. The summed E-state index contributed by atoms with van der Waals surface area (Å²) in [4.78, 5) is 23.5. The van der Waals surface area contributed by atoms with Crippen molar-refractivity contribution in [3.05, 3.63) is 4.91 Å². The van der Waals surface area contributed by atoms with Gasteiger partial charge in [-0.3, -0.25) is 4.79 Å². The van der Waals surface area contributed by atoms with Crippen LogP contribution < -0.4 is 5.32 Å². The summed E-state index contributed by atoms with van der Waals surface area (Å²) in [6.45, 7) is 4.99. The lowest BCUT2D eigenvalue weighted by Crippen LogP contribution is -2.48. The van der Waals surface area contributed by atoms with Crippen molar-refractivity contribution in [3.8, 4) is 0 Å². The van der Waals surface area contributed by atoms with Crippen molar-refractivity contribution in [2.45, 2.75) is 63.3 Å². The van der Waals surface area contributed by atoms with Crippen LogP contribution in [0.3, 0.4) is 0 Å². The number of carbonyl (C=O) groups is 1. The molecule has 2 rings (SSSR count). The maximum atomic E-state index is 12.5. The summed E-state index contributed by atoms with van der Waals surface area (Å²) < 4.78 is 2.12. The predicted molar refractivity (Wildman–Crippen MR) is 93.0 cm³/mol. The third-order valence-corrected chi connectivity index (χ3v) is 6.66. The third-order valence-electron chi connectivity index (χ3n) is 5.03. The van der Waals surface area contributed by atoms with Crippen molar-refractivity contribution < 1.29 is 9.90 Å². The predicted octanol–water partition coefficient (Wildman–Crippen LogP) is 2.17. The standard InChI is InChI=1S/C16H29N3O3S/c1-3-17-16(21)14-13(10-20)15(11(2)18-22)23-19(14)9-12-7-5-4-6-8-12/h11-15,20H,3-10H2,1-2H3,(H,17,21)/t11?,13-,14-,15-/m0/s1. The number of hydrogen-bond acceptors (Lipinski definition) is 6. The molecule has 1 aliphatic carbocycles. The van der Waals surface area contributed by atoms with Gasteiger partial charge >= 0.3 is 0 Å². The van der Waals surface area contributed by atoms with Gasteiger partial charge in [0.05, 0.1) is 5.25 Å². The minimum absolute atomic E-state index is 0.0459. The molecule has 1 unspecified atom stereocenters. The number of aliphatic hydroxyl groups excluding tert-OH is 1. The normalized spacial score (nSPS) is 31.0. The monoisotopic (exact) mass is 343 g/mol. The fourth-order valence-corrected chi connectivity index (χ4v) is 5.40. The van der Waals surface area contributed by atoms with Crippen molar-refractivity contribution in [1.29, 1.82) is 0 Å². The van der Waals surface area contributed by atoms with Gasteiger partial charge in [-0.15, -0.1) is 0 Å². The van der Waals surface area contributed by atoms with Crippen LogP contribution in [0.15, 0.2) is 5.18 Å². The smallest absolute Gasteiger partial charge is 0.238 e. The Bertz CT molecular complexity index is 404. The van der Waals surface area contributed by atoms with Crippen LogP contribution in [0.1, 0.15) is 46.0 Å². The molecule has 0 aromatic carbocycles.